The molecular weight excluding hydrogens is 304 g/mol. The first-order valence-corrected chi connectivity index (χ1v) is 8.31. The molecule has 4 heteroatoms. The van der Waals surface area contributed by atoms with E-state index in [1.807, 2.05) is 11.7 Å². The molecule has 0 aliphatic heterocycles. The first kappa shape index (κ1) is 13.6. The van der Waals surface area contributed by atoms with E-state index in [0.717, 1.165) is 40.5 Å². The first-order chi connectivity index (χ1) is 9.13. The van der Waals surface area contributed by atoms with Gasteiger partial charge in [-0.25, -0.2) is 0 Å². The monoisotopic (exact) mass is 326 g/mol. The van der Waals surface area contributed by atoms with Crippen molar-refractivity contribution in [1.82, 2.24) is 9.78 Å². The van der Waals surface area contributed by atoms with Crippen LogP contribution in [0.2, 0.25) is 0 Å². The summed E-state index contributed by atoms with van der Waals surface area (Å²) in [5.74, 6) is 2.16. The van der Waals surface area contributed by atoms with Gasteiger partial charge in [0.1, 0.15) is 0 Å². The van der Waals surface area contributed by atoms with Gasteiger partial charge in [0.05, 0.1) is 22.0 Å². The zero-order valence-electron chi connectivity index (χ0n) is 11.8. The van der Waals surface area contributed by atoms with E-state index in [1.165, 1.54) is 25.7 Å². The molecule has 1 heterocycles. The molecular formula is C15H23BrN2O. The van der Waals surface area contributed by atoms with E-state index in [1.54, 1.807) is 0 Å². The molecule has 3 unspecified atom stereocenters. The van der Waals surface area contributed by atoms with Crippen LogP contribution in [-0.2, 0) is 19.9 Å². The van der Waals surface area contributed by atoms with Gasteiger partial charge in [-0.2, -0.15) is 5.10 Å². The maximum atomic E-state index is 10.5. The number of aliphatic hydroxyl groups excluding tert-OH is 1. The molecule has 1 aromatic rings. The van der Waals surface area contributed by atoms with Crippen molar-refractivity contribution in [2.24, 2.45) is 24.8 Å². The maximum absolute atomic E-state index is 10.5. The Morgan fingerprint density at radius 3 is 2.53 bits per heavy atom. The Balaban J connectivity index is 1.70. The number of nitrogens with zero attached hydrogens (tertiary/aromatic N) is 2. The van der Waals surface area contributed by atoms with Crippen LogP contribution < -0.4 is 0 Å². The van der Waals surface area contributed by atoms with Crippen LogP contribution in [0.1, 0.15) is 44.0 Å². The number of hydrogen-bond donors (Lipinski definition) is 1. The first-order valence-electron chi connectivity index (χ1n) is 7.51. The number of fused-ring (bicyclic) bond motifs is 1. The highest BCUT2D eigenvalue weighted by Crippen LogP contribution is 2.57. The molecule has 106 valence electrons. The summed E-state index contributed by atoms with van der Waals surface area (Å²) in [5, 5.41) is 15.1. The van der Waals surface area contributed by atoms with Crippen LogP contribution in [0, 0.1) is 17.8 Å². The normalized spacial score (nSPS) is 31.1. The van der Waals surface area contributed by atoms with E-state index in [9.17, 15) is 5.11 Å². The van der Waals surface area contributed by atoms with Crippen molar-refractivity contribution in [2.75, 3.05) is 0 Å². The second-order valence-electron chi connectivity index (χ2n) is 6.15. The van der Waals surface area contributed by atoms with E-state index in [2.05, 4.69) is 28.0 Å². The van der Waals surface area contributed by atoms with Gasteiger partial charge in [-0.15, -0.1) is 0 Å². The number of aryl methyl sites for hydroxylation is 2. The van der Waals surface area contributed by atoms with E-state index in [4.69, 9.17) is 0 Å². The van der Waals surface area contributed by atoms with Crippen LogP contribution in [0.5, 0.6) is 0 Å². The summed E-state index contributed by atoms with van der Waals surface area (Å²) in [4.78, 5) is 0. The van der Waals surface area contributed by atoms with Crippen molar-refractivity contribution in [3.63, 3.8) is 0 Å². The highest BCUT2D eigenvalue weighted by molar-refractivity contribution is 9.10. The van der Waals surface area contributed by atoms with Gasteiger partial charge < -0.3 is 5.11 Å². The van der Waals surface area contributed by atoms with Gasteiger partial charge >= 0.3 is 0 Å². The molecule has 1 aromatic heterocycles. The average Bonchev–Trinajstić information content (AvgIpc) is 3.08. The Hall–Kier alpha value is -0.350. The molecule has 0 bridgehead atoms. The number of hydrogen-bond acceptors (Lipinski definition) is 2. The Kier molecular flexibility index (Phi) is 3.73. The summed E-state index contributed by atoms with van der Waals surface area (Å²) in [7, 11) is 1.98. The Labute approximate surface area is 123 Å². The van der Waals surface area contributed by atoms with E-state index in [0.29, 0.717) is 5.92 Å². The fourth-order valence-electron chi connectivity index (χ4n) is 3.99. The molecule has 19 heavy (non-hydrogen) atoms. The van der Waals surface area contributed by atoms with Crippen LogP contribution >= 0.6 is 15.9 Å². The minimum Gasteiger partial charge on any atom is -0.392 e. The SMILES string of the molecule is CCc1nn(C)c(CC(O)C2C3CCCCC32)c1Br. The highest BCUT2D eigenvalue weighted by atomic mass is 79.9. The summed E-state index contributed by atoms with van der Waals surface area (Å²) in [5.41, 5.74) is 2.24. The standard InChI is InChI=1S/C15H23BrN2O/c1-3-11-15(16)12(18(2)17-11)8-13(19)14-9-6-4-5-7-10(9)14/h9-10,13-14,19H,3-8H2,1-2H3. The number of halogens is 1. The molecule has 0 radical (unpaired) electrons. The molecule has 0 spiro atoms. The van der Waals surface area contributed by atoms with Crippen LogP contribution in [0.15, 0.2) is 4.47 Å². The smallest absolute Gasteiger partial charge is 0.0766 e. The molecule has 3 rings (SSSR count). The third-order valence-electron chi connectivity index (χ3n) is 5.07. The number of aromatic nitrogens is 2. The minimum absolute atomic E-state index is 0.190. The highest BCUT2D eigenvalue weighted by Gasteiger charge is 2.53. The Bertz CT molecular complexity index is 459. The molecule has 2 aliphatic rings. The second-order valence-corrected chi connectivity index (χ2v) is 6.94. The van der Waals surface area contributed by atoms with Crippen molar-refractivity contribution >= 4 is 15.9 Å². The minimum atomic E-state index is -0.190. The van der Waals surface area contributed by atoms with Gasteiger partial charge in [0.15, 0.2) is 0 Å². The van der Waals surface area contributed by atoms with Crippen LogP contribution in [-0.4, -0.2) is 21.0 Å². The molecule has 0 aromatic carbocycles. The van der Waals surface area contributed by atoms with Crippen molar-refractivity contribution in [2.45, 2.75) is 51.6 Å². The largest absolute Gasteiger partial charge is 0.392 e. The molecule has 0 saturated heterocycles. The predicted molar refractivity (Wildman–Crippen MR) is 78.9 cm³/mol. The van der Waals surface area contributed by atoms with Crippen molar-refractivity contribution in [1.29, 1.82) is 0 Å². The summed E-state index contributed by atoms with van der Waals surface area (Å²) < 4.78 is 3.03. The van der Waals surface area contributed by atoms with Crippen molar-refractivity contribution in [3.05, 3.63) is 15.9 Å². The third kappa shape index (κ3) is 2.38. The van der Waals surface area contributed by atoms with Crippen LogP contribution in [0.3, 0.4) is 0 Å². The molecule has 0 amide bonds. The molecule has 3 nitrogen and oxygen atoms in total. The average molecular weight is 327 g/mol. The summed E-state index contributed by atoms with van der Waals surface area (Å²) in [6.45, 7) is 2.11. The van der Waals surface area contributed by atoms with Gasteiger partial charge in [-0.3, -0.25) is 4.68 Å². The molecule has 1 N–H and O–H groups in total. The predicted octanol–water partition coefficient (Wildman–Crippen LogP) is 3.08. The lowest BCUT2D eigenvalue weighted by Gasteiger charge is -2.11. The van der Waals surface area contributed by atoms with Gasteiger partial charge in [-0.05, 0) is 52.9 Å². The lowest BCUT2D eigenvalue weighted by atomic mass is 10.0. The second kappa shape index (κ2) is 5.21. The molecule has 3 atom stereocenters. The van der Waals surface area contributed by atoms with Crippen LogP contribution in [0.4, 0.5) is 0 Å². The maximum Gasteiger partial charge on any atom is 0.0766 e. The Morgan fingerprint density at radius 1 is 1.37 bits per heavy atom. The van der Waals surface area contributed by atoms with Gasteiger partial charge in [-0.1, -0.05) is 19.8 Å². The zero-order chi connectivity index (χ0) is 13.6. The molecule has 2 saturated carbocycles. The third-order valence-corrected chi connectivity index (χ3v) is 5.99. The molecule has 2 aliphatic carbocycles. The fourth-order valence-corrected chi connectivity index (χ4v) is 4.77. The van der Waals surface area contributed by atoms with Crippen molar-refractivity contribution in [3.8, 4) is 0 Å². The van der Waals surface area contributed by atoms with Gasteiger partial charge in [0.25, 0.3) is 0 Å². The zero-order valence-corrected chi connectivity index (χ0v) is 13.4. The number of aliphatic hydroxyl groups is 1. The summed E-state index contributed by atoms with van der Waals surface area (Å²) in [6.07, 6.45) is 6.86. The van der Waals surface area contributed by atoms with Crippen molar-refractivity contribution < 1.29 is 5.11 Å². The van der Waals surface area contributed by atoms with E-state index < -0.39 is 0 Å². The van der Waals surface area contributed by atoms with Crippen LogP contribution in [0.25, 0.3) is 0 Å². The van der Waals surface area contributed by atoms with E-state index >= 15 is 0 Å². The lowest BCUT2D eigenvalue weighted by molar-refractivity contribution is 0.138. The topological polar surface area (TPSA) is 38.0 Å². The van der Waals surface area contributed by atoms with E-state index in [-0.39, 0.29) is 6.10 Å². The summed E-state index contributed by atoms with van der Waals surface area (Å²) in [6, 6.07) is 0. The van der Waals surface area contributed by atoms with Gasteiger partial charge in [0, 0.05) is 13.5 Å². The quantitative estimate of drug-likeness (QED) is 0.923. The Morgan fingerprint density at radius 2 is 2.00 bits per heavy atom. The number of rotatable bonds is 4. The lowest BCUT2D eigenvalue weighted by Crippen LogP contribution is -2.17. The fraction of sp³-hybridized carbons (Fsp3) is 0.800. The summed E-state index contributed by atoms with van der Waals surface area (Å²) >= 11 is 3.64. The van der Waals surface area contributed by atoms with Gasteiger partial charge in [0.2, 0.25) is 0 Å². The molecule has 2 fully saturated rings.